The lowest BCUT2D eigenvalue weighted by molar-refractivity contribution is -0.0410. The predicted octanol–water partition coefficient (Wildman–Crippen LogP) is 2.76. The van der Waals surface area contributed by atoms with Gasteiger partial charge in [-0.15, -0.1) is 0 Å². The van der Waals surface area contributed by atoms with Crippen molar-refractivity contribution in [2.45, 2.75) is 31.5 Å². The molecule has 3 unspecified atom stereocenters. The zero-order valence-electron chi connectivity index (χ0n) is 10.8. The molecule has 19 heavy (non-hydrogen) atoms. The van der Waals surface area contributed by atoms with E-state index in [9.17, 15) is 5.26 Å². The number of rotatable bonds is 0. The summed E-state index contributed by atoms with van der Waals surface area (Å²) in [6, 6.07) is 9.86. The molecule has 3 aliphatic heterocycles. The average Bonchev–Trinajstić information content (AvgIpc) is 2.81. The molecule has 0 saturated carbocycles. The molecule has 4 heteroatoms. The first-order valence-corrected chi connectivity index (χ1v) is 6.36. The largest absolute Gasteiger partial charge is 0.451 e. The van der Waals surface area contributed by atoms with Gasteiger partial charge in [0.1, 0.15) is 11.2 Å². The standard InChI is InChI=1S/C15H13NO3/c1-14-7-9(8-16)15(2,19-14)13-12(14)17-10-5-3-4-6-11(10)18-13/h3-6,9H,7H2,1-2H3. The van der Waals surface area contributed by atoms with E-state index in [1.54, 1.807) is 0 Å². The van der Waals surface area contributed by atoms with E-state index in [0.717, 1.165) is 5.76 Å². The van der Waals surface area contributed by atoms with Crippen LogP contribution in [0.25, 0.3) is 0 Å². The number of benzene rings is 1. The summed E-state index contributed by atoms with van der Waals surface area (Å²) in [6.45, 7) is 3.87. The summed E-state index contributed by atoms with van der Waals surface area (Å²) < 4.78 is 18.0. The number of hydrogen-bond acceptors (Lipinski definition) is 4. The number of fused-ring (bicyclic) bond motifs is 5. The van der Waals surface area contributed by atoms with Crippen molar-refractivity contribution in [3.8, 4) is 17.6 Å². The maximum Gasteiger partial charge on any atom is 0.178 e. The van der Waals surface area contributed by atoms with Gasteiger partial charge in [0.15, 0.2) is 23.0 Å². The SMILES string of the molecule is CC12CC(C#N)C(C)(O1)C1=C2Oc2ccccc2O1. The third-order valence-electron chi connectivity index (χ3n) is 4.26. The van der Waals surface area contributed by atoms with Crippen LogP contribution in [-0.4, -0.2) is 11.2 Å². The molecule has 0 radical (unpaired) electrons. The summed E-state index contributed by atoms with van der Waals surface area (Å²) in [5.74, 6) is 2.56. The van der Waals surface area contributed by atoms with Crippen molar-refractivity contribution in [1.29, 1.82) is 5.26 Å². The van der Waals surface area contributed by atoms with Crippen LogP contribution >= 0.6 is 0 Å². The minimum Gasteiger partial charge on any atom is -0.451 e. The second-order valence-corrected chi connectivity index (χ2v) is 5.63. The normalized spacial score (nSPS) is 38.1. The molecule has 1 fully saturated rings. The fourth-order valence-corrected chi connectivity index (χ4v) is 3.28. The quantitative estimate of drug-likeness (QED) is 0.715. The average molecular weight is 255 g/mol. The molecule has 0 spiro atoms. The van der Waals surface area contributed by atoms with Crippen LogP contribution in [0.1, 0.15) is 20.3 Å². The molecule has 0 aromatic heterocycles. The third kappa shape index (κ3) is 1.16. The Bertz CT molecular complexity index is 660. The van der Waals surface area contributed by atoms with Crippen molar-refractivity contribution in [2.75, 3.05) is 0 Å². The van der Waals surface area contributed by atoms with E-state index in [0.29, 0.717) is 23.7 Å². The summed E-state index contributed by atoms with van der Waals surface area (Å²) in [7, 11) is 0. The van der Waals surface area contributed by atoms with Crippen molar-refractivity contribution in [1.82, 2.24) is 0 Å². The van der Waals surface area contributed by atoms with Crippen molar-refractivity contribution in [3.05, 3.63) is 35.8 Å². The van der Waals surface area contributed by atoms with Gasteiger partial charge < -0.3 is 14.2 Å². The second kappa shape index (κ2) is 3.12. The molecule has 1 saturated heterocycles. The fraction of sp³-hybridized carbons (Fsp3) is 0.400. The van der Waals surface area contributed by atoms with Gasteiger partial charge in [-0.1, -0.05) is 12.1 Å². The van der Waals surface area contributed by atoms with Gasteiger partial charge in [0.2, 0.25) is 0 Å². The third-order valence-corrected chi connectivity index (χ3v) is 4.26. The van der Waals surface area contributed by atoms with Crippen LogP contribution in [0.2, 0.25) is 0 Å². The molecule has 0 aliphatic carbocycles. The van der Waals surface area contributed by atoms with Gasteiger partial charge in [-0.05, 0) is 26.0 Å². The van der Waals surface area contributed by atoms with Gasteiger partial charge in [0, 0.05) is 6.42 Å². The Morgan fingerprint density at radius 1 is 1.16 bits per heavy atom. The van der Waals surface area contributed by atoms with Crippen LogP contribution in [0.15, 0.2) is 35.8 Å². The molecule has 1 aromatic carbocycles. The van der Waals surface area contributed by atoms with Crippen molar-refractivity contribution < 1.29 is 14.2 Å². The zero-order valence-corrected chi connectivity index (χ0v) is 10.8. The van der Waals surface area contributed by atoms with Gasteiger partial charge in [-0.2, -0.15) is 5.26 Å². The van der Waals surface area contributed by atoms with Crippen LogP contribution < -0.4 is 9.47 Å². The number of nitriles is 1. The molecular weight excluding hydrogens is 242 g/mol. The number of ether oxygens (including phenoxy) is 3. The Kier molecular flexibility index (Phi) is 1.79. The van der Waals surface area contributed by atoms with E-state index < -0.39 is 11.2 Å². The maximum atomic E-state index is 9.30. The summed E-state index contributed by atoms with van der Waals surface area (Å²) >= 11 is 0. The summed E-state index contributed by atoms with van der Waals surface area (Å²) in [5.41, 5.74) is -1.26. The molecule has 3 heterocycles. The van der Waals surface area contributed by atoms with Gasteiger partial charge in [-0.3, -0.25) is 0 Å². The summed E-state index contributed by atoms with van der Waals surface area (Å²) in [6.07, 6.45) is 0.643. The van der Waals surface area contributed by atoms with Gasteiger partial charge >= 0.3 is 0 Å². The first-order chi connectivity index (χ1) is 9.07. The lowest BCUT2D eigenvalue weighted by Crippen LogP contribution is -2.37. The zero-order chi connectivity index (χ0) is 13.3. The van der Waals surface area contributed by atoms with E-state index in [1.165, 1.54) is 0 Å². The van der Waals surface area contributed by atoms with Crippen molar-refractivity contribution in [2.24, 2.45) is 5.92 Å². The molecule has 0 N–H and O–H groups in total. The Hall–Kier alpha value is -1.99. The highest BCUT2D eigenvalue weighted by atomic mass is 16.6. The predicted molar refractivity (Wildman–Crippen MR) is 66.3 cm³/mol. The van der Waals surface area contributed by atoms with E-state index in [1.807, 2.05) is 38.1 Å². The molecule has 3 aliphatic rings. The topological polar surface area (TPSA) is 51.5 Å². The summed E-state index contributed by atoms with van der Waals surface area (Å²) in [5, 5.41) is 9.30. The highest BCUT2D eigenvalue weighted by Crippen LogP contribution is 2.59. The van der Waals surface area contributed by atoms with Crippen LogP contribution in [-0.2, 0) is 4.74 Å². The lowest BCUT2D eigenvalue weighted by atomic mass is 9.78. The molecule has 4 nitrogen and oxygen atoms in total. The number of hydrogen-bond donors (Lipinski definition) is 0. The Morgan fingerprint density at radius 2 is 1.79 bits per heavy atom. The second-order valence-electron chi connectivity index (χ2n) is 5.63. The highest BCUT2D eigenvalue weighted by Gasteiger charge is 2.66. The smallest absolute Gasteiger partial charge is 0.178 e. The fourth-order valence-electron chi connectivity index (χ4n) is 3.28. The lowest BCUT2D eigenvalue weighted by Gasteiger charge is -2.32. The monoisotopic (exact) mass is 255 g/mol. The Balaban J connectivity index is 1.87. The number of para-hydroxylation sites is 2. The molecule has 3 atom stereocenters. The van der Waals surface area contributed by atoms with Gasteiger partial charge in [0.25, 0.3) is 0 Å². The molecular formula is C15H13NO3. The Labute approximate surface area is 111 Å². The Morgan fingerprint density at radius 3 is 2.42 bits per heavy atom. The van der Waals surface area contributed by atoms with Crippen LogP contribution in [0, 0.1) is 17.2 Å². The first-order valence-electron chi connectivity index (χ1n) is 6.36. The van der Waals surface area contributed by atoms with Gasteiger partial charge in [-0.25, -0.2) is 0 Å². The van der Waals surface area contributed by atoms with Crippen molar-refractivity contribution in [3.63, 3.8) is 0 Å². The van der Waals surface area contributed by atoms with Crippen LogP contribution in [0.5, 0.6) is 11.5 Å². The summed E-state index contributed by atoms with van der Waals surface area (Å²) in [4.78, 5) is 0. The van der Waals surface area contributed by atoms with E-state index in [-0.39, 0.29) is 5.92 Å². The molecule has 2 bridgehead atoms. The first kappa shape index (κ1) is 10.9. The number of nitrogens with zero attached hydrogens (tertiary/aromatic N) is 1. The van der Waals surface area contributed by atoms with Gasteiger partial charge in [0.05, 0.1) is 12.0 Å². The van der Waals surface area contributed by atoms with Crippen molar-refractivity contribution >= 4 is 0 Å². The van der Waals surface area contributed by atoms with Crippen LogP contribution in [0.3, 0.4) is 0 Å². The minimum absolute atomic E-state index is 0.204. The molecule has 4 rings (SSSR count). The minimum atomic E-state index is -0.702. The molecule has 96 valence electrons. The van der Waals surface area contributed by atoms with Crippen LogP contribution in [0.4, 0.5) is 0 Å². The van der Waals surface area contributed by atoms with E-state index in [4.69, 9.17) is 14.2 Å². The molecule has 0 amide bonds. The van der Waals surface area contributed by atoms with E-state index >= 15 is 0 Å². The maximum absolute atomic E-state index is 9.30. The highest BCUT2D eigenvalue weighted by molar-refractivity contribution is 5.50. The molecule has 1 aromatic rings. The van der Waals surface area contributed by atoms with E-state index in [2.05, 4.69) is 6.07 Å².